The van der Waals surface area contributed by atoms with Crippen molar-refractivity contribution in [3.63, 3.8) is 0 Å². The van der Waals surface area contributed by atoms with E-state index in [9.17, 15) is 14.4 Å². The van der Waals surface area contributed by atoms with Gasteiger partial charge in [0.15, 0.2) is 5.92 Å². The number of barbiturate groups is 1. The maximum atomic E-state index is 12.6. The fourth-order valence-electron chi connectivity index (χ4n) is 2.36. The van der Waals surface area contributed by atoms with Crippen molar-refractivity contribution in [1.82, 2.24) is 5.32 Å². The zero-order valence-electron chi connectivity index (χ0n) is 14.2. The molecule has 7 nitrogen and oxygen atoms in total. The third-order valence-corrected chi connectivity index (χ3v) is 3.71. The summed E-state index contributed by atoms with van der Waals surface area (Å²) in [6.45, 7) is 3.41. The molecule has 2 N–H and O–H groups in total. The number of urea groups is 1. The molecule has 4 amide bonds. The summed E-state index contributed by atoms with van der Waals surface area (Å²) in [5, 5.41) is 2.21. The lowest BCUT2D eigenvalue weighted by Gasteiger charge is -2.28. The highest BCUT2D eigenvalue weighted by molar-refractivity contribution is 6.32. The van der Waals surface area contributed by atoms with Gasteiger partial charge in [-0.25, -0.2) is 9.69 Å². The second-order valence-electron chi connectivity index (χ2n) is 6.15. The summed E-state index contributed by atoms with van der Waals surface area (Å²) in [6, 6.07) is 6.24. The molecular formula is C17H23N4O3+. The SMILES string of the molecule is Cc1ccc(N2C(=O)NC(=O)[C@@H](C=NCCC[NH+](C)C)C2=O)cc1. The number of imide groups is 2. The third-order valence-electron chi connectivity index (χ3n) is 3.71. The van der Waals surface area contributed by atoms with Crippen molar-refractivity contribution in [3.8, 4) is 0 Å². The monoisotopic (exact) mass is 331 g/mol. The first kappa shape index (κ1) is 17.8. The average Bonchev–Trinajstić information content (AvgIpc) is 2.51. The first-order valence-corrected chi connectivity index (χ1v) is 7.94. The molecule has 0 bridgehead atoms. The van der Waals surface area contributed by atoms with Crippen molar-refractivity contribution >= 4 is 29.7 Å². The summed E-state index contributed by atoms with van der Waals surface area (Å²) in [5.74, 6) is -2.28. The zero-order valence-corrected chi connectivity index (χ0v) is 14.2. The molecule has 0 saturated carbocycles. The molecule has 1 saturated heterocycles. The highest BCUT2D eigenvalue weighted by Gasteiger charge is 2.40. The maximum absolute atomic E-state index is 12.6. The van der Waals surface area contributed by atoms with Gasteiger partial charge in [-0.05, 0) is 19.1 Å². The van der Waals surface area contributed by atoms with Crippen molar-refractivity contribution in [3.05, 3.63) is 29.8 Å². The van der Waals surface area contributed by atoms with Crippen LogP contribution in [-0.2, 0) is 9.59 Å². The molecule has 1 atom stereocenters. The van der Waals surface area contributed by atoms with Gasteiger partial charge in [0.05, 0.1) is 26.3 Å². The smallest absolute Gasteiger partial charge is 0.335 e. The van der Waals surface area contributed by atoms with Crippen LogP contribution in [0.15, 0.2) is 29.3 Å². The fraction of sp³-hybridized carbons (Fsp3) is 0.412. The minimum atomic E-state index is -1.07. The van der Waals surface area contributed by atoms with E-state index in [4.69, 9.17) is 0 Å². The predicted molar refractivity (Wildman–Crippen MR) is 91.3 cm³/mol. The van der Waals surface area contributed by atoms with Crippen LogP contribution in [0.1, 0.15) is 12.0 Å². The highest BCUT2D eigenvalue weighted by atomic mass is 16.2. The van der Waals surface area contributed by atoms with Crippen LogP contribution in [0.2, 0.25) is 0 Å². The van der Waals surface area contributed by atoms with Crippen LogP contribution in [0.25, 0.3) is 0 Å². The van der Waals surface area contributed by atoms with Crippen molar-refractivity contribution in [2.75, 3.05) is 32.1 Å². The molecule has 0 radical (unpaired) electrons. The predicted octanol–water partition coefficient (Wildman–Crippen LogP) is -0.201. The number of quaternary nitrogens is 1. The van der Waals surface area contributed by atoms with Crippen LogP contribution < -0.4 is 15.1 Å². The number of hydrogen-bond acceptors (Lipinski definition) is 4. The molecule has 1 aromatic carbocycles. The Morgan fingerprint density at radius 3 is 2.50 bits per heavy atom. The van der Waals surface area contributed by atoms with Crippen molar-refractivity contribution in [1.29, 1.82) is 0 Å². The molecule has 0 aliphatic carbocycles. The number of carbonyl (C=O) groups is 3. The van der Waals surface area contributed by atoms with Crippen molar-refractivity contribution in [2.24, 2.45) is 10.9 Å². The third kappa shape index (κ3) is 4.26. The Kier molecular flexibility index (Phi) is 5.81. The van der Waals surface area contributed by atoms with Crippen LogP contribution in [0.5, 0.6) is 0 Å². The van der Waals surface area contributed by atoms with Crippen LogP contribution >= 0.6 is 0 Å². The van der Waals surface area contributed by atoms with Gasteiger partial charge in [-0.1, -0.05) is 17.7 Å². The summed E-state index contributed by atoms with van der Waals surface area (Å²) < 4.78 is 0. The van der Waals surface area contributed by atoms with E-state index >= 15 is 0 Å². The first-order valence-electron chi connectivity index (χ1n) is 7.94. The number of anilines is 1. The normalized spacial score (nSPS) is 18.6. The number of aryl methyl sites for hydroxylation is 1. The van der Waals surface area contributed by atoms with Crippen LogP contribution in [0.4, 0.5) is 10.5 Å². The summed E-state index contributed by atoms with van der Waals surface area (Å²) in [4.78, 5) is 43.0. The minimum absolute atomic E-state index is 0.435. The minimum Gasteiger partial charge on any atom is -0.340 e. The molecule has 0 unspecified atom stereocenters. The van der Waals surface area contributed by atoms with Gasteiger partial charge in [0.2, 0.25) is 5.91 Å². The number of nitrogens with one attached hydrogen (secondary N) is 2. The van der Waals surface area contributed by atoms with Gasteiger partial charge in [-0.2, -0.15) is 0 Å². The number of amides is 4. The lowest BCUT2D eigenvalue weighted by Crippen LogP contribution is -3.05. The molecule has 1 aliphatic rings. The number of carbonyl (C=O) groups excluding carboxylic acids is 3. The summed E-state index contributed by atoms with van der Waals surface area (Å²) in [7, 11) is 4.10. The zero-order chi connectivity index (χ0) is 17.7. The van der Waals surface area contributed by atoms with Gasteiger partial charge in [0, 0.05) is 19.2 Å². The molecule has 0 aromatic heterocycles. The van der Waals surface area contributed by atoms with E-state index in [0.29, 0.717) is 12.2 Å². The van der Waals surface area contributed by atoms with Crippen molar-refractivity contribution < 1.29 is 19.3 Å². The Labute approximate surface area is 141 Å². The standard InChI is InChI=1S/C17H22N4O3/c1-12-5-7-13(8-6-12)21-16(23)14(15(22)19-17(21)24)11-18-9-4-10-20(2)3/h5-8,11,14H,4,9-10H2,1-3H3,(H,19,22,24)/p+1/t14-/m1/s1. The van der Waals surface area contributed by atoms with E-state index in [1.807, 2.05) is 21.0 Å². The quantitative estimate of drug-likeness (QED) is 0.430. The molecule has 1 aliphatic heterocycles. The summed E-state index contributed by atoms with van der Waals surface area (Å²) >= 11 is 0. The average molecular weight is 331 g/mol. The van der Waals surface area contributed by atoms with Gasteiger partial charge in [-0.3, -0.25) is 19.9 Å². The van der Waals surface area contributed by atoms with Gasteiger partial charge in [0.1, 0.15) is 0 Å². The molecule has 128 valence electrons. The Balaban J connectivity index is 2.10. The van der Waals surface area contributed by atoms with Crippen molar-refractivity contribution in [2.45, 2.75) is 13.3 Å². The lowest BCUT2D eigenvalue weighted by atomic mass is 10.1. The largest absolute Gasteiger partial charge is 0.340 e. The first-order chi connectivity index (χ1) is 11.4. The van der Waals surface area contributed by atoms with E-state index < -0.39 is 23.8 Å². The number of benzene rings is 1. The highest BCUT2D eigenvalue weighted by Crippen LogP contribution is 2.20. The molecule has 1 heterocycles. The van der Waals surface area contributed by atoms with Gasteiger partial charge in [-0.15, -0.1) is 0 Å². The van der Waals surface area contributed by atoms with Gasteiger partial charge in [0.25, 0.3) is 5.91 Å². The Bertz CT molecular complexity index is 652. The van der Waals surface area contributed by atoms with E-state index in [1.165, 1.54) is 11.1 Å². The van der Waals surface area contributed by atoms with E-state index in [1.54, 1.807) is 24.3 Å². The lowest BCUT2D eigenvalue weighted by molar-refractivity contribution is -0.858. The Hall–Kier alpha value is -2.54. The van der Waals surface area contributed by atoms with E-state index in [2.05, 4.69) is 10.3 Å². The molecule has 1 aromatic rings. The molecule has 0 spiro atoms. The Morgan fingerprint density at radius 1 is 1.21 bits per heavy atom. The number of hydrogen-bond donors (Lipinski definition) is 2. The topological polar surface area (TPSA) is 83.3 Å². The molecular weight excluding hydrogens is 308 g/mol. The maximum Gasteiger partial charge on any atom is 0.335 e. The second-order valence-corrected chi connectivity index (χ2v) is 6.15. The number of rotatable bonds is 6. The number of aliphatic imine (C=N–C) groups is 1. The molecule has 7 heteroatoms. The molecule has 1 fully saturated rings. The fourth-order valence-corrected chi connectivity index (χ4v) is 2.36. The van der Waals surface area contributed by atoms with Gasteiger partial charge < -0.3 is 4.90 Å². The summed E-state index contributed by atoms with van der Waals surface area (Å²) in [6.07, 6.45) is 2.21. The molecule has 24 heavy (non-hydrogen) atoms. The van der Waals surface area contributed by atoms with E-state index in [0.717, 1.165) is 23.4 Å². The second kappa shape index (κ2) is 7.83. The summed E-state index contributed by atoms with van der Waals surface area (Å²) in [5.41, 5.74) is 1.45. The Morgan fingerprint density at radius 2 is 1.88 bits per heavy atom. The number of nitrogens with zero attached hydrogens (tertiary/aromatic N) is 2. The molecule has 2 rings (SSSR count). The van der Waals surface area contributed by atoms with Gasteiger partial charge >= 0.3 is 6.03 Å². The van der Waals surface area contributed by atoms with Crippen LogP contribution in [-0.4, -0.2) is 51.2 Å². The van der Waals surface area contributed by atoms with E-state index in [-0.39, 0.29) is 0 Å². The van der Waals surface area contributed by atoms with Crippen LogP contribution in [0.3, 0.4) is 0 Å². The van der Waals surface area contributed by atoms with Crippen LogP contribution in [0, 0.1) is 12.8 Å².